The predicted molar refractivity (Wildman–Crippen MR) is 124 cm³/mol. The third kappa shape index (κ3) is 5.67. The summed E-state index contributed by atoms with van der Waals surface area (Å²) in [4.78, 5) is 14.9. The highest BCUT2D eigenvalue weighted by molar-refractivity contribution is 6.02. The van der Waals surface area contributed by atoms with Gasteiger partial charge in [0.25, 0.3) is 0 Å². The predicted octanol–water partition coefficient (Wildman–Crippen LogP) is 7.67. The average molecular weight is 402 g/mol. The van der Waals surface area contributed by atoms with Gasteiger partial charge in [0.05, 0.1) is 0 Å². The summed E-state index contributed by atoms with van der Waals surface area (Å²) in [6.07, 6.45) is 22.1. The molecule has 3 rings (SSSR count). The molecule has 0 bridgehead atoms. The maximum Gasteiger partial charge on any atom is 0.249 e. The number of hydrogen-bond donors (Lipinski definition) is 0. The van der Waals surface area contributed by atoms with Crippen LogP contribution >= 0.6 is 0 Å². The van der Waals surface area contributed by atoms with E-state index in [2.05, 4.69) is 25.3 Å². The van der Waals surface area contributed by atoms with Gasteiger partial charge in [0.1, 0.15) is 5.54 Å². The number of rotatable bonds is 11. The average Bonchev–Trinajstić information content (AvgIpc) is 3.41. The highest BCUT2D eigenvalue weighted by atomic mass is 16.2. The Hall–Kier alpha value is -0.790. The first kappa shape index (κ1) is 22.9. The summed E-state index contributed by atoms with van der Waals surface area (Å²) < 4.78 is 0. The van der Waals surface area contributed by atoms with Crippen molar-refractivity contribution in [2.45, 2.75) is 129 Å². The summed E-state index contributed by atoms with van der Waals surface area (Å²) in [6, 6.07) is 0. The van der Waals surface area contributed by atoms with Crippen LogP contribution < -0.4 is 0 Å². The van der Waals surface area contributed by atoms with Gasteiger partial charge in [-0.05, 0) is 75.5 Å². The van der Waals surface area contributed by atoms with Crippen molar-refractivity contribution in [1.29, 1.82) is 0 Å². The van der Waals surface area contributed by atoms with E-state index in [4.69, 9.17) is 0 Å². The lowest BCUT2D eigenvalue weighted by molar-refractivity contribution is -0.114. The summed E-state index contributed by atoms with van der Waals surface area (Å²) in [5, 5.41) is 0. The SMILES string of the molecule is C=C(C1CCCCCC1)C1CCC(CCN2C(=O)C2(CCCC)CCCC)CC1. The Morgan fingerprint density at radius 3 is 2.00 bits per heavy atom. The van der Waals surface area contributed by atoms with Crippen LogP contribution in [0.5, 0.6) is 0 Å². The smallest absolute Gasteiger partial charge is 0.249 e. The van der Waals surface area contributed by atoms with Gasteiger partial charge >= 0.3 is 0 Å². The lowest BCUT2D eigenvalue weighted by Crippen LogP contribution is -2.23. The van der Waals surface area contributed by atoms with E-state index in [0.29, 0.717) is 5.91 Å². The minimum atomic E-state index is -0.0585. The van der Waals surface area contributed by atoms with Gasteiger partial charge in [0.2, 0.25) is 5.91 Å². The number of carbonyl (C=O) groups excluding carboxylic acids is 1. The Morgan fingerprint density at radius 2 is 1.45 bits per heavy atom. The summed E-state index contributed by atoms with van der Waals surface area (Å²) in [5.74, 6) is 2.89. The van der Waals surface area contributed by atoms with Gasteiger partial charge in [-0.25, -0.2) is 0 Å². The maximum atomic E-state index is 12.7. The van der Waals surface area contributed by atoms with Crippen LogP contribution in [0, 0.1) is 17.8 Å². The van der Waals surface area contributed by atoms with Crippen molar-refractivity contribution in [2.75, 3.05) is 6.54 Å². The van der Waals surface area contributed by atoms with Crippen molar-refractivity contribution in [3.8, 4) is 0 Å². The van der Waals surface area contributed by atoms with E-state index < -0.39 is 0 Å². The highest BCUT2D eigenvalue weighted by Gasteiger charge is 2.60. The summed E-state index contributed by atoms with van der Waals surface area (Å²) in [6.45, 7) is 10.1. The van der Waals surface area contributed by atoms with Crippen LogP contribution in [0.3, 0.4) is 0 Å². The van der Waals surface area contributed by atoms with E-state index in [1.54, 1.807) is 5.57 Å². The number of hydrogen-bond acceptors (Lipinski definition) is 1. The molecular weight excluding hydrogens is 354 g/mol. The lowest BCUT2D eigenvalue weighted by Gasteiger charge is -2.33. The Labute approximate surface area is 180 Å². The first-order valence-corrected chi connectivity index (χ1v) is 13.1. The Balaban J connectivity index is 1.41. The van der Waals surface area contributed by atoms with E-state index >= 15 is 0 Å². The Kier molecular flexibility index (Phi) is 8.69. The van der Waals surface area contributed by atoms with Crippen LogP contribution in [0.25, 0.3) is 0 Å². The zero-order chi connectivity index (χ0) is 20.7. The Bertz CT molecular complexity index is 515. The minimum absolute atomic E-state index is 0.0585. The number of unbranched alkanes of at least 4 members (excludes halogenated alkanes) is 2. The van der Waals surface area contributed by atoms with Crippen molar-refractivity contribution >= 4 is 5.91 Å². The molecule has 3 aliphatic rings. The molecule has 2 nitrogen and oxygen atoms in total. The second-order valence-corrected chi connectivity index (χ2v) is 10.5. The van der Waals surface area contributed by atoms with E-state index in [9.17, 15) is 4.79 Å². The standard InChI is InChI=1S/C27H47NO/c1-4-6-19-27(20-7-5-2)26(29)28(27)21-18-23-14-16-25(17-15-23)22(3)24-12-10-8-9-11-13-24/h23-25H,3-21H2,1-2H3. The number of allylic oxidation sites excluding steroid dienone is 1. The molecule has 0 N–H and O–H groups in total. The molecule has 0 aromatic carbocycles. The molecule has 1 heterocycles. The molecule has 0 aromatic rings. The molecule has 0 unspecified atom stereocenters. The summed E-state index contributed by atoms with van der Waals surface area (Å²) in [7, 11) is 0. The summed E-state index contributed by atoms with van der Waals surface area (Å²) in [5.41, 5.74) is 1.54. The number of carbonyl (C=O) groups is 1. The van der Waals surface area contributed by atoms with Gasteiger partial charge in [-0.3, -0.25) is 4.79 Å². The van der Waals surface area contributed by atoms with Crippen LogP contribution in [0.15, 0.2) is 12.2 Å². The molecule has 1 aliphatic heterocycles. The third-order valence-electron chi connectivity index (χ3n) is 8.51. The fraction of sp³-hybridized carbons (Fsp3) is 0.889. The normalized spacial score (nSPS) is 27.7. The molecule has 1 saturated heterocycles. The molecule has 0 spiro atoms. The summed E-state index contributed by atoms with van der Waals surface area (Å²) >= 11 is 0. The topological polar surface area (TPSA) is 20.1 Å². The van der Waals surface area contributed by atoms with Crippen molar-refractivity contribution in [1.82, 2.24) is 4.90 Å². The molecule has 29 heavy (non-hydrogen) atoms. The monoisotopic (exact) mass is 401 g/mol. The van der Waals surface area contributed by atoms with Crippen molar-refractivity contribution in [3.63, 3.8) is 0 Å². The molecule has 1 amide bonds. The van der Waals surface area contributed by atoms with Gasteiger partial charge in [-0.1, -0.05) is 77.4 Å². The zero-order valence-corrected chi connectivity index (χ0v) is 19.5. The molecular formula is C27H47NO. The minimum Gasteiger partial charge on any atom is -0.326 e. The second kappa shape index (κ2) is 11.0. The maximum absolute atomic E-state index is 12.7. The number of nitrogens with zero attached hydrogens (tertiary/aromatic N) is 1. The van der Waals surface area contributed by atoms with Crippen molar-refractivity contribution in [2.24, 2.45) is 17.8 Å². The van der Waals surface area contributed by atoms with E-state index in [1.807, 2.05) is 0 Å². The first-order chi connectivity index (χ1) is 14.1. The van der Waals surface area contributed by atoms with Gasteiger partial charge in [-0.2, -0.15) is 0 Å². The van der Waals surface area contributed by atoms with E-state index in [-0.39, 0.29) is 5.54 Å². The molecule has 3 fully saturated rings. The van der Waals surface area contributed by atoms with Gasteiger partial charge in [0.15, 0.2) is 0 Å². The third-order valence-corrected chi connectivity index (χ3v) is 8.51. The molecule has 0 radical (unpaired) electrons. The second-order valence-electron chi connectivity index (χ2n) is 10.5. The molecule has 2 heteroatoms. The largest absolute Gasteiger partial charge is 0.326 e. The van der Waals surface area contributed by atoms with Gasteiger partial charge in [0, 0.05) is 6.54 Å². The fourth-order valence-corrected chi connectivity index (χ4v) is 6.33. The molecule has 2 saturated carbocycles. The Morgan fingerprint density at radius 1 is 0.897 bits per heavy atom. The van der Waals surface area contributed by atoms with Crippen LogP contribution in [0.1, 0.15) is 123 Å². The molecule has 0 aromatic heterocycles. The molecule has 0 atom stereocenters. The van der Waals surface area contributed by atoms with Crippen molar-refractivity contribution in [3.05, 3.63) is 12.2 Å². The van der Waals surface area contributed by atoms with Crippen LogP contribution in [0.4, 0.5) is 0 Å². The molecule has 166 valence electrons. The zero-order valence-electron chi connectivity index (χ0n) is 19.5. The van der Waals surface area contributed by atoms with Crippen molar-refractivity contribution < 1.29 is 4.79 Å². The van der Waals surface area contributed by atoms with Gasteiger partial charge in [-0.15, -0.1) is 0 Å². The van der Waals surface area contributed by atoms with Crippen LogP contribution in [-0.2, 0) is 4.79 Å². The lowest BCUT2D eigenvalue weighted by atomic mass is 9.73. The molecule has 2 aliphatic carbocycles. The van der Waals surface area contributed by atoms with Gasteiger partial charge < -0.3 is 4.90 Å². The van der Waals surface area contributed by atoms with E-state index in [0.717, 1.165) is 37.1 Å². The van der Waals surface area contributed by atoms with Crippen LogP contribution in [0.2, 0.25) is 0 Å². The number of amides is 1. The fourth-order valence-electron chi connectivity index (χ4n) is 6.33. The van der Waals surface area contributed by atoms with E-state index in [1.165, 1.54) is 96.3 Å². The quantitative estimate of drug-likeness (QED) is 0.197. The first-order valence-electron chi connectivity index (χ1n) is 13.1. The highest BCUT2D eigenvalue weighted by Crippen LogP contribution is 2.45. The van der Waals surface area contributed by atoms with Crippen LogP contribution in [-0.4, -0.2) is 22.9 Å².